The van der Waals surface area contributed by atoms with E-state index in [0.717, 1.165) is 15.7 Å². The van der Waals surface area contributed by atoms with Crippen LogP contribution in [-0.2, 0) is 6.54 Å². The van der Waals surface area contributed by atoms with E-state index >= 15 is 0 Å². The zero-order valence-electron chi connectivity index (χ0n) is 9.86. The third kappa shape index (κ3) is 3.72. The summed E-state index contributed by atoms with van der Waals surface area (Å²) in [5.41, 5.74) is 2.17. The summed E-state index contributed by atoms with van der Waals surface area (Å²) in [5.74, 6) is -0.927. The van der Waals surface area contributed by atoms with E-state index in [1.165, 1.54) is 0 Å². The second kappa shape index (κ2) is 6.08. The molecule has 0 amide bonds. The second-order valence-corrected chi connectivity index (χ2v) is 5.26. The summed E-state index contributed by atoms with van der Waals surface area (Å²) in [5, 5.41) is 12.7. The van der Waals surface area contributed by atoms with Crippen LogP contribution in [0.2, 0.25) is 5.02 Å². The fourth-order valence-electron chi connectivity index (χ4n) is 1.61. The quantitative estimate of drug-likeness (QED) is 0.866. The molecular weight excluding hydrogens is 330 g/mol. The van der Waals surface area contributed by atoms with Crippen LogP contribution in [0.1, 0.15) is 15.9 Å². The number of carboxylic acid groups (broad SMARTS) is 1. The highest BCUT2D eigenvalue weighted by Crippen LogP contribution is 2.22. The second-order valence-electron chi connectivity index (χ2n) is 3.97. The van der Waals surface area contributed by atoms with Crippen molar-refractivity contribution in [2.24, 2.45) is 0 Å². The fourth-order valence-corrected chi connectivity index (χ4v) is 2.19. The van der Waals surface area contributed by atoms with E-state index in [1.807, 2.05) is 18.2 Å². The van der Waals surface area contributed by atoms with Crippen LogP contribution in [0.25, 0.3) is 0 Å². The van der Waals surface area contributed by atoms with Crippen molar-refractivity contribution in [3.05, 3.63) is 63.1 Å². The first-order valence-corrected chi connectivity index (χ1v) is 6.74. The van der Waals surface area contributed by atoms with E-state index in [1.54, 1.807) is 24.3 Å². The van der Waals surface area contributed by atoms with Gasteiger partial charge >= 0.3 is 5.97 Å². The third-order valence-electron chi connectivity index (χ3n) is 2.62. The number of nitrogens with one attached hydrogen (secondary N) is 1. The van der Waals surface area contributed by atoms with Crippen LogP contribution in [0, 0.1) is 0 Å². The Hall–Kier alpha value is -1.52. The zero-order chi connectivity index (χ0) is 13.8. The van der Waals surface area contributed by atoms with Gasteiger partial charge in [0.15, 0.2) is 0 Å². The van der Waals surface area contributed by atoms with Crippen molar-refractivity contribution in [1.29, 1.82) is 0 Å². The Balaban J connectivity index is 2.06. The van der Waals surface area contributed by atoms with E-state index in [9.17, 15) is 4.79 Å². The van der Waals surface area contributed by atoms with Crippen molar-refractivity contribution in [2.45, 2.75) is 6.54 Å². The van der Waals surface area contributed by atoms with Crippen LogP contribution in [0.15, 0.2) is 46.9 Å². The molecule has 0 aliphatic heterocycles. The largest absolute Gasteiger partial charge is 0.478 e. The molecule has 0 unspecified atom stereocenters. The molecule has 0 radical (unpaired) electrons. The van der Waals surface area contributed by atoms with Gasteiger partial charge in [-0.05, 0) is 48.0 Å². The minimum Gasteiger partial charge on any atom is -0.478 e. The van der Waals surface area contributed by atoms with Gasteiger partial charge in [-0.25, -0.2) is 4.79 Å². The number of hydrogen-bond donors (Lipinski definition) is 2. The van der Waals surface area contributed by atoms with E-state index in [-0.39, 0.29) is 5.56 Å². The van der Waals surface area contributed by atoms with Gasteiger partial charge in [0.05, 0.1) is 5.56 Å². The Labute approximate surface area is 124 Å². The number of anilines is 1. The Morgan fingerprint density at radius 3 is 2.53 bits per heavy atom. The zero-order valence-corrected chi connectivity index (χ0v) is 12.2. The first kappa shape index (κ1) is 13.9. The topological polar surface area (TPSA) is 49.3 Å². The molecule has 5 heteroatoms. The number of carbonyl (C=O) groups is 1. The average molecular weight is 341 g/mol. The third-order valence-corrected chi connectivity index (χ3v) is 3.63. The lowest BCUT2D eigenvalue weighted by Gasteiger charge is -2.09. The molecule has 2 aromatic rings. The summed E-state index contributed by atoms with van der Waals surface area (Å²) in [6.07, 6.45) is 0. The first-order valence-electron chi connectivity index (χ1n) is 5.57. The molecular formula is C14H11BrClNO2. The maximum absolute atomic E-state index is 10.7. The van der Waals surface area contributed by atoms with E-state index in [4.69, 9.17) is 16.7 Å². The molecule has 0 atom stereocenters. The number of benzene rings is 2. The van der Waals surface area contributed by atoms with Gasteiger partial charge in [0.2, 0.25) is 0 Å². The number of halogens is 2. The summed E-state index contributed by atoms with van der Waals surface area (Å²) < 4.78 is 0.978. The van der Waals surface area contributed by atoms with E-state index < -0.39 is 5.97 Å². The SMILES string of the molecule is O=C(O)c1ccc(NCc2cc(Cl)ccc2Br)cc1. The Kier molecular flexibility index (Phi) is 4.45. The lowest BCUT2D eigenvalue weighted by molar-refractivity contribution is 0.0697. The standard InChI is InChI=1S/C14H11BrClNO2/c15-13-6-3-11(16)7-10(13)8-17-12-4-1-9(2-5-12)14(18)19/h1-7,17H,8H2,(H,18,19). The average Bonchev–Trinajstić information content (AvgIpc) is 2.40. The predicted octanol–water partition coefficient (Wildman–Crippen LogP) is 4.41. The molecule has 0 spiro atoms. The molecule has 2 N–H and O–H groups in total. The molecule has 98 valence electrons. The van der Waals surface area contributed by atoms with Crippen LogP contribution >= 0.6 is 27.5 Å². The normalized spacial score (nSPS) is 10.2. The van der Waals surface area contributed by atoms with Gasteiger partial charge in [-0.15, -0.1) is 0 Å². The summed E-state index contributed by atoms with van der Waals surface area (Å²) in [6, 6.07) is 12.2. The molecule has 3 nitrogen and oxygen atoms in total. The maximum atomic E-state index is 10.7. The van der Waals surface area contributed by atoms with Gasteiger partial charge in [0, 0.05) is 21.7 Å². The number of rotatable bonds is 4. The van der Waals surface area contributed by atoms with Gasteiger partial charge < -0.3 is 10.4 Å². The smallest absolute Gasteiger partial charge is 0.335 e. The van der Waals surface area contributed by atoms with Crippen molar-refractivity contribution in [2.75, 3.05) is 5.32 Å². The molecule has 0 aromatic heterocycles. The number of hydrogen-bond acceptors (Lipinski definition) is 2. The van der Waals surface area contributed by atoms with Gasteiger partial charge in [-0.1, -0.05) is 27.5 Å². The van der Waals surface area contributed by atoms with Crippen LogP contribution < -0.4 is 5.32 Å². The molecule has 0 saturated carbocycles. The lowest BCUT2D eigenvalue weighted by Crippen LogP contribution is -2.01. The monoisotopic (exact) mass is 339 g/mol. The minimum atomic E-state index is -0.927. The number of carboxylic acids is 1. The fraction of sp³-hybridized carbons (Fsp3) is 0.0714. The summed E-state index contributed by atoms with van der Waals surface area (Å²) >= 11 is 9.40. The van der Waals surface area contributed by atoms with Gasteiger partial charge in [-0.3, -0.25) is 0 Å². The van der Waals surface area contributed by atoms with E-state index in [0.29, 0.717) is 11.6 Å². The van der Waals surface area contributed by atoms with Crippen molar-refractivity contribution in [1.82, 2.24) is 0 Å². The predicted molar refractivity (Wildman–Crippen MR) is 79.9 cm³/mol. The minimum absolute atomic E-state index is 0.273. The van der Waals surface area contributed by atoms with Crippen LogP contribution in [0.5, 0.6) is 0 Å². The molecule has 0 heterocycles. The molecule has 0 saturated heterocycles. The molecule has 0 aliphatic rings. The highest BCUT2D eigenvalue weighted by atomic mass is 79.9. The highest BCUT2D eigenvalue weighted by molar-refractivity contribution is 9.10. The summed E-state index contributed by atoms with van der Waals surface area (Å²) in [7, 11) is 0. The Morgan fingerprint density at radius 1 is 1.21 bits per heavy atom. The molecule has 2 rings (SSSR count). The molecule has 0 fully saturated rings. The van der Waals surface area contributed by atoms with Gasteiger partial charge in [-0.2, -0.15) is 0 Å². The van der Waals surface area contributed by atoms with Crippen LogP contribution in [-0.4, -0.2) is 11.1 Å². The Morgan fingerprint density at radius 2 is 1.89 bits per heavy atom. The number of aromatic carboxylic acids is 1. The highest BCUT2D eigenvalue weighted by Gasteiger charge is 2.03. The van der Waals surface area contributed by atoms with Crippen LogP contribution in [0.3, 0.4) is 0 Å². The molecule has 19 heavy (non-hydrogen) atoms. The van der Waals surface area contributed by atoms with E-state index in [2.05, 4.69) is 21.2 Å². The van der Waals surface area contributed by atoms with Crippen molar-refractivity contribution in [3.8, 4) is 0 Å². The van der Waals surface area contributed by atoms with Crippen molar-refractivity contribution < 1.29 is 9.90 Å². The van der Waals surface area contributed by atoms with Crippen LogP contribution in [0.4, 0.5) is 5.69 Å². The lowest BCUT2D eigenvalue weighted by atomic mass is 10.2. The van der Waals surface area contributed by atoms with Crippen molar-refractivity contribution >= 4 is 39.2 Å². The first-order chi connectivity index (χ1) is 9.06. The maximum Gasteiger partial charge on any atom is 0.335 e. The summed E-state index contributed by atoms with van der Waals surface area (Å²) in [4.78, 5) is 10.7. The van der Waals surface area contributed by atoms with Gasteiger partial charge in [0.1, 0.15) is 0 Å². The molecule has 0 aliphatic carbocycles. The van der Waals surface area contributed by atoms with Crippen molar-refractivity contribution in [3.63, 3.8) is 0 Å². The van der Waals surface area contributed by atoms with Gasteiger partial charge in [0.25, 0.3) is 0 Å². The molecule has 2 aromatic carbocycles. The Bertz CT molecular complexity index is 599. The summed E-state index contributed by atoms with van der Waals surface area (Å²) in [6.45, 7) is 0.605. The molecule has 0 bridgehead atoms.